The number of nitrogens with zero attached hydrogens (tertiary/aromatic N) is 1. The Balaban J connectivity index is 0.000000423. The molecule has 1 aliphatic rings. The summed E-state index contributed by atoms with van der Waals surface area (Å²) < 4.78 is 63.8. The van der Waals surface area contributed by atoms with Crippen LogP contribution in [0, 0.1) is 18.6 Å². The molecule has 1 aromatic carbocycles. The quantitative estimate of drug-likeness (QED) is 0.512. The van der Waals surface area contributed by atoms with Crippen molar-refractivity contribution in [2.24, 2.45) is 0 Å². The van der Waals surface area contributed by atoms with Gasteiger partial charge in [0.05, 0.1) is 5.69 Å². The lowest BCUT2D eigenvalue weighted by molar-refractivity contribution is -0.192. The fourth-order valence-electron chi connectivity index (χ4n) is 2.81. The summed E-state index contributed by atoms with van der Waals surface area (Å²) in [5.41, 5.74) is 1.76. The minimum atomic E-state index is -5.08. The van der Waals surface area contributed by atoms with Gasteiger partial charge in [-0.3, -0.25) is 4.90 Å². The summed E-state index contributed by atoms with van der Waals surface area (Å²) in [6.45, 7) is 2.96. The number of halogens is 5. The number of alkyl halides is 3. The molecule has 0 saturated carbocycles. The topological polar surface area (TPSA) is 119 Å². The van der Waals surface area contributed by atoms with Crippen molar-refractivity contribution in [1.29, 1.82) is 0 Å². The van der Waals surface area contributed by atoms with Gasteiger partial charge in [-0.1, -0.05) is 0 Å². The van der Waals surface area contributed by atoms with Crippen LogP contribution in [-0.2, 0) is 17.8 Å². The molecule has 2 heterocycles. The average molecular weight is 453 g/mol. The molecule has 1 atom stereocenters. The van der Waals surface area contributed by atoms with E-state index in [4.69, 9.17) is 14.6 Å². The fourth-order valence-corrected chi connectivity index (χ4v) is 2.81. The summed E-state index contributed by atoms with van der Waals surface area (Å²) in [5.74, 6) is -4.26. The van der Waals surface area contributed by atoms with Crippen LogP contribution in [0.3, 0.4) is 0 Å². The second-order valence-electron chi connectivity index (χ2n) is 6.82. The molecule has 13 heteroatoms. The third-order valence-corrected chi connectivity index (χ3v) is 4.31. The maximum absolute atomic E-state index is 13.6. The molecule has 3 rings (SSSR count). The molecular formula is C18H20F5N3O5. The summed E-state index contributed by atoms with van der Waals surface area (Å²) in [6, 6.07) is 2.04. The number of β-amino-alcohol motifs (C(OH)–C–C–N with tert-alkyl or cyclic N) is 1. The van der Waals surface area contributed by atoms with Gasteiger partial charge >= 0.3 is 17.8 Å². The van der Waals surface area contributed by atoms with E-state index in [2.05, 4.69) is 9.97 Å². The van der Waals surface area contributed by atoms with Crippen molar-refractivity contribution in [3.05, 3.63) is 51.2 Å². The number of carbonyl (C=O) groups is 1. The molecule has 0 saturated heterocycles. The van der Waals surface area contributed by atoms with Crippen LogP contribution in [0.5, 0.6) is 5.75 Å². The Kier molecular flexibility index (Phi) is 7.79. The zero-order valence-electron chi connectivity index (χ0n) is 16.2. The van der Waals surface area contributed by atoms with Crippen LogP contribution in [-0.4, -0.2) is 63.0 Å². The van der Waals surface area contributed by atoms with Crippen LogP contribution >= 0.6 is 0 Å². The number of imidazole rings is 1. The number of aliphatic hydroxyl groups is 1. The van der Waals surface area contributed by atoms with E-state index in [1.54, 1.807) is 0 Å². The SMILES string of the molecule is Cc1cc(OCC(O)CN2CCc3[nH]c(=O)[nH]c3C2)c(F)cc1F.O=C(O)C(F)(F)F. The summed E-state index contributed by atoms with van der Waals surface area (Å²) in [6.07, 6.45) is -5.23. The van der Waals surface area contributed by atoms with E-state index in [9.17, 15) is 31.9 Å². The Morgan fingerprint density at radius 1 is 1.23 bits per heavy atom. The molecule has 8 nitrogen and oxygen atoms in total. The maximum Gasteiger partial charge on any atom is 0.490 e. The van der Waals surface area contributed by atoms with Gasteiger partial charge in [-0.15, -0.1) is 0 Å². The molecule has 0 radical (unpaired) electrons. The Labute approximate surface area is 172 Å². The first-order valence-electron chi connectivity index (χ1n) is 8.95. The Hall–Kier alpha value is -2.93. The van der Waals surface area contributed by atoms with Gasteiger partial charge in [0.2, 0.25) is 0 Å². The van der Waals surface area contributed by atoms with E-state index in [1.165, 1.54) is 13.0 Å². The predicted octanol–water partition coefficient (Wildman–Crippen LogP) is 1.72. The lowest BCUT2D eigenvalue weighted by Gasteiger charge is -2.28. The molecule has 0 amide bonds. The lowest BCUT2D eigenvalue weighted by atomic mass is 10.1. The van der Waals surface area contributed by atoms with Gasteiger partial charge in [-0.2, -0.15) is 13.2 Å². The van der Waals surface area contributed by atoms with Crippen molar-refractivity contribution in [3.63, 3.8) is 0 Å². The Bertz CT molecular complexity index is 972. The standard InChI is InChI=1S/C16H19F2N3O3.C2HF3O2/c1-9-4-15(12(18)5-11(9)17)24-8-10(22)6-21-3-2-13-14(7-21)20-16(23)19-13;3-2(4,5)1(6)7/h4-5,10,22H,2-3,6-8H2,1H3,(H2,19,20,23);(H,6,7). The van der Waals surface area contributed by atoms with E-state index < -0.39 is 29.9 Å². The number of carboxylic acids is 1. The number of aliphatic carboxylic acids is 1. The van der Waals surface area contributed by atoms with Gasteiger partial charge in [0, 0.05) is 37.8 Å². The highest BCUT2D eigenvalue weighted by Crippen LogP contribution is 2.21. The first-order valence-corrected chi connectivity index (χ1v) is 8.95. The highest BCUT2D eigenvalue weighted by molar-refractivity contribution is 5.73. The first kappa shape index (κ1) is 24.3. The molecule has 0 spiro atoms. The number of carboxylic acid groups (broad SMARTS) is 1. The summed E-state index contributed by atoms with van der Waals surface area (Å²) in [7, 11) is 0. The van der Waals surface area contributed by atoms with Crippen molar-refractivity contribution in [2.75, 3.05) is 19.7 Å². The molecule has 1 unspecified atom stereocenters. The van der Waals surface area contributed by atoms with E-state index >= 15 is 0 Å². The van der Waals surface area contributed by atoms with Gasteiger partial charge in [0.15, 0.2) is 11.6 Å². The molecule has 4 N–H and O–H groups in total. The van der Waals surface area contributed by atoms with Crippen LogP contribution in [0.1, 0.15) is 17.0 Å². The third kappa shape index (κ3) is 7.07. The van der Waals surface area contributed by atoms with Crippen LogP contribution in [0.25, 0.3) is 0 Å². The number of aromatic amines is 2. The summed E-state index contributed by atoms with van der Waals surface area (Å²) in [4.78, 5) is 27.6. The molecule has 31 heavy (non-hydrogen) atoms. The van der Waals surface area contributed by atoms with Crippen LogP contribution in [0.2, 0.25) is 0 Å². The number of nitrogens with one attached hydrogen (secondary N) is 2. The van der Waals surface area contributed by atoms with Gasteiger partial charge in [0.1, 0.15) is 18.5 Å². The van der Waals surface area contributed by atoms with E-state index in [0.717, 1.165) is 17.5 Å². The molecule has 2 aromatic rings. The number of benzene rings is 1. The van der Waals surface area contributed by atoms with E-state index in [0.29, 0.717) is 26.1 Å². The minimum Gasteiger partial charge on any atom is -0.488 e. The molecule has 1 aliphatic heterocycles. The number of hydrogen-bond donors (Lipinski definition) is 4. The van der Waals surface area contributed by atoms with Crippen molar-refractivity contribution in [3.8, 4) is 5.75 Å². The number of hydrogen-bond acceptors (Lipinski definition) is 5. The monoisotopic (exact) mass is 453 g/mol. The number of aliphatic hydroxyl groups excluding tert-OH is 1. The summed E-state index contributed by atoms with van der Waals surface area (Å²) in [5, 5.41) is 17.2. The van der Waals surface area contributed by atoms with Gasteiger partial charge in [0.25, 0.3) is 0 Å². The molecule has 1 aromatic heterocycles. The highest BCUT2D eigenvalue weighted by atomic mass is 19.4. The average Bonchev–Trinajstić information content (AvgIpc) is 3.02. The zero-order valence-corrected chi connectivity index (χ0v) is 16.2. The number of aryl methyl sites for hydroxylation is 1. The fraction of sp³-hybridized carbons (Fsp3) is 0.444. The van der Waals surface area contributed by atoms with Crippen LogP contribution < -0.4 is 10.4 Å². The lowest BCUT2D eigenvalue weighted by Crippen LogP contribution is -2.39. The smallest absolute Gasteiger partial charge is 0.488 e. The largest absolute Gasteiger partial charge is 0.490 e. The molecular weight excluding hydrogens is 433 g/mol. The second-order valence-corrected chi connectivity index (χ2v) is 6.82. The van der Waals surface area contributed by atoms with E-state index in [-0.39, 0.29) is 23.6 Å². The Morgan fingerprint density at radius 3 is 2.45 bits per heavy atom. The highest BCUT2D eigenvalue weighted by Gasteiger charge is 2.38. The number of aromatic nitrogens is 2. The Morgan fingerprint density at radius 2 is 1.84 bits per heavy atom. The van der Waals surface area contributed by atoms with Gasteiger partial charge in [-0.05, 0) is 18.6 Å². The molecule has 0 bridgehead atoms. The number of rotatable bonds is 5. The van der Waals surface area contributed by atoms with Crippen molar-refractivity contribution < 1.29 is 41.7 Å². The number of fused-ring (bicyclic) bond motifs is 1. The number of H-pyrrole nitrogens is 2. The van der Waals surface area contributed by atoms with Crippen molar-refractivity contribution in [2.45, 2.75) is 32.2 Å². The molecule has 0 fully saturated rings. The normalized spacial score (nSPS) is 14.9. The van der Waals surface area contributed by atoms with Crippen molar-refractivity contribution in [1.82, 2.24) is 14.9 Å². The molecule has 0 aliphatic carbocycles. The van der Waals surface area contributed by atoms with E-state index in [1.807, 2.05) is 4.90 Å². The van der Waals surface area contributed by atoms with Gasteiger partial charge < -0.3 is 24.9 Å². The predicted molar refractivity (Wildman–Crippen MR) is 96.7 cm³/mol. The maximum atomic E-state index is 13.6. The molecule has 172 valence electrons. The minimum absolute atomic E-state index is 0.0798. The second kappa shape index (κ2) is 9.92. The van der Waals surface area contributed by atoms with Crippen molar-refractivity contribution >= 4 is 5.97 Å². The van der Waals surface area contributed by atoms with Gasteiger partial charge in [-0.25, -0.2) is 18.4 Å². The summed E-state index contributed by atoms with van der Waals surface area (Å²) >= 11 is 0. The number of ether oxygens (including phenoxy) is 1. The third-order valence-electron chi connectivity index (χ3n) is 4.31. The van der Waals surface area contributed by atoms with Crippen LogP contribution in [0.4, 0.5) is 22.0 Å². The first-order chi connectivity index (χ1) is 14.4. The van der Waals surface area contributed by atoms with Crippen LogP contribution in [0.15, 0.2) is 16.9 Å². The zero-order chi connectivity index (χ0) is 23.3.